The summed E-state index contributed by atoms with van der Waals surface area (Å²) in [5, 5.41) is 13.9. The first-order chi connectivity index (χ1) is 9.54. The van der Waals surface area contributed by atoms with E-state index in [4.69, 9.17) is 5.11 Å². The van der Waals surface area contributed by atoms with Crippen LogP contribution in [0.15, 0.2) is 24.3 Å². The van der Waals surface area contributed by atoms with E-state index in [1.165, 1.54) is 0 Å². The van der Waals surface area contributed by atoms with Crippen LogP contribution in [0.1, 0.15) is 24.8 Å². The molecule has 2 rings (SSSR count). The zero-order valence-electron chi connectivity index (χ0n) is 10.9. The molecular formula is C14H16N2O4. The van der Waals surface area contributed by atoms with Crippen molar-refractivity contribution in [1.82, 2.24) is 5.32 Å². The number of rotatable bonds is 5. The van der Waals surface area contributed by atoms with Crippen LogP contribution in [0.25, 0.3) is 0 Å². The molecule has 1 saturated heterocycles. The maximum absolute atomic E-state index is 11.9. The van der Waals surface area contributed by atoms with Gasteiger partial charge in [-0.15, -0.1) is 0 Å². The zero-order chi connectivity index (χ0) is 14.5. The SMILES string of the molecule is O=C(O)CCc1ccc(NC(=O)[C@H]2CCC(=O)N2)cc1. The highest BCUT2D eigenvalue weighted by atomic mass is 16.4. The summed E-state index contributed by atoms with van der Waals surface area (Å²) in [5.41, 5.74) is 1.54. The van der Waals surface area contributed by atoms with E-state index in [9.17, 15) is 14.4 Å². The number of aryl methyl sites for hydroxylation is 1. The van der Waals surface area contributed by atoms with Crippen molar-refractivity contribution in [3.05, 3.63) is 29.8 Å². The number of anilines is 1. The van der Waals surface area contributed by atoms with Crippen LogP contribution in [-0.2, 0) is 20.8 Å². The van der Waals surface area contributed by atoms with Crippen molar-refractivity contribution in [2.75, 3.05) is 5.32 Å². The van der Waals surface area contributed by atoms with Crippen molar-refractivity contribution in [2.45, 2.75) is 31.7 Å². The standard InChI is InChI=1S/C14H16N2O4/c17-12-7-6-11(16-12)14(20)15-10-4-1-9(2-5-10)3-8-13(18)19/h1-2,4-5,11H,3,6-8H2,(H,15,20)(H,16,17)(H,18,19)/t11-/m1/s1. The summed E-state index contributed by atoms with van der Waals surface area (Å²) in [6.07, 6.45) is 1.44. The van der Waals surface area contributed by atoms with Crippen LogP contribution in [0.5, 0.6) is 0 Å². The lowest BCUT2D eigenvalue weighted by Crippen LogP contribution is -2.37. The number of hydrogen-bond acceptors (Lipinski definition) is 3. The Labute approximate surface area is 116 Å². The van der Waals surface area contributed by atoms with Gasteiger partial charge in [0.25, 0.3) is 0 Å². The number of nitrogens with one attached hydrogen (secondary N) is 2. The Bertz CT molecular complexity index is 524. The lowest BCUT2D eigenvalue weighted by Gasteiger charge is -2.11. The third-order valence-electron chi connectivity index (χ3n) is 3.16. The van der Waals surface area contributed by atoms with Gasteiger partial charge in [-0.3, -0.25) is 14.4 Å². The molecule has 1 aromatic rings. The van der Waals surface area contributed by atoms with Crippen molar-refractivity contribution in [3.63, 3.8) is 0 Å². The van der Waals surface area contributed by atoms with Crippen LogP contribution in [0.3, 0.4) is 0 Å². The monoisotopic (exact) mass is 276 g/mol. The molecule has 0 radical (unpaired) electrons. The third-order valence-corrected chi connectivity index (χ3v) is 3.16. The van der Waals surface area contributed by atoms with Gasteiger partial charge in [-0.1, -0.05) is 12.1 Å². The Kier molecular flexibility index (Phi) is 4.34. The molecule has 1 heterocycles. The first kappa shape index (κ1) is 14.0. The van der Waals surface area contributed by atoms with Gasteiger partial charge in [-0.25, -0.2) is 0 Å². The quantitative estimate of drug-likeness (QED) is 0.745. The average molecular weight is 276 g/mol. The van der Waals surface area contributed by atoms with Crippen molar-refractivity contribution in [2.24, 2.45) is 0 Å². The molecule has 2 amide bonds. The van der Waals surface area contributed by atoms with Crippen LogP contribution in [0.4, 0.5) is 5.69 Å². The van der Waals surface area contributed by atoms with Gasteiger partial charge in [0.15, 0.2) is 0 Å². The highest BCUT2D eigenvalue weighted by molar-refractivity contribution is 5.98. The van der Waals surface area contributed by atoms with E-state index in [1.807, 2.05) is 0 Å². The largest absolute Gasteiger partial charge is 0.481 e. The molecule has 0 unspecified atom stereocenters. The minimum Gasteiger partial charge on any atom is -0.481 e. The molecule has 1 aliphatic heterocycles. The molecule has 3 N–H and O–H groups in total. The summed E-state index contributed by atoms with van der Waals surface area (Å²) in [6, 6.07) is 6.56. The number of amides is 2. The lowest BCUT2D eigenvalue weighted by molar-refractivity contribution is -0.137. The Hall–Kier alpha value is -2.37. The van der Waals surface area contributed by atoms with Gasteiger partial charge in [0, 0.05) is 18.5 Å². The molecule has 0 bridgehead atoms. The number of carboxylic acids is 1. The molecule has 1 atom stereocenters. The summed E-state index contributed by atoms with van der Waals surface area (Å²) < 4.78 is 0. The zero-order valence-corrected chi connectivity index (χ0v) is 10.9. The minimum atomic E-state index is -0.834. The predicted molar refractivity (Wildman–Crippen MR) is 72.2 cm³/mol. The molecule has 6 nitrogen and oxygen atoms in total. The van der Waals surface area contributed by atoms with E-state index < -0.39 is 12.0 Å². The summed E-state index contributed by atoms with van der Waals surface area (Å²) in [4.78, 5) is 33.4. The molecule has 0 saturated carbocycles. The maximum atomic E-state index is 11.9. The summed E-state index contributed by atoms with van der Waals surface area (Å²) in [5.74, 6) is -1.16. The lowest BCUT2D eigenvalue weighted by atomic mass is 10.1. The van der Waals surface area contributed by atoms with E-state index >= 15 is 0 Å². The number of carboxylic acid groups (broad SMARTS) is 1. The van der Waals surface area contributed by atoms with Gasteiger partial charge in [0.1, 0.15) is 6.04 Å². The van der Waals surface area contributed by atoms with Crippen LogP contribution in [-0.4, -0.2) is 28.9 Å². The number of hydrogen-bond donors (Lipinski definition) is 3. The molecule has 0 aromatic heterocycles. The van der Waals surface area contributed by atoms with Crippen LogP contribution < -0.4 is 10.6 Å². The van der Waals surface area contributed by atoms with Gasteiger partial charge in [-0.05, 0) is 30.5 Å². The fourth-order valence-corrected chi connectivity index (χ4v) is 2.05. The first-order valence-electron chi connectivity index (χ1n) is 6.45. The van der Waals surface area contributed by atoms with Gasteiger partial charge in [0.05, 0.1) is 0 Å². The Morgan fingerprint density at radius 1 is 1.30 bits per heavy atom. The number of aliphatic carboxylic acids is 1. The van der Waals surface area contributed by atoms with E-state index in [-0.39, 0.29) is 18.2 Å². The second-order valence-electron chi connectivity index (χ2n) is 4.74. The van der Waals surface area contributed by atoms with E-state index in [0.717, 1.165) is 5.56 Å². The fraction of sp³-hybridized carbons (Fsp3) is 0.357. The van der Waals surface area contributed by atoms with Crippen molar-refractivity contribution in [3.8, 4) is 0 Å². The van der Waals surface area contributed by atoms with Crippen LogP contribution in [0.2, 0.25) is 0 Å². The Balaban J connectivity index is 1.88. The average Bonchev–Trinajstić information content (AvgIpc) is 2.85. The maximum Gasteiger partial charge on any atom is 0.303 e. The molecule has 1 aliphatic rings. The van der Waals surface area contributed by atoms with E-state index in [2.05, 4.69) is 10.6 Å². The second kappa shape index (κ2) is 6.18. The highest BCUT2D eigenvalue weighted by Crippen LogP contribution is 2.13. The Morgan fingerprint density at radius 3 is 2.55 bits per heavy atom. The van der Waals surface area contributed by atoms with Crippen LogP contribution in [0, 0.1) is 0 Å². The van der Waals surface area contributed by atoms with Crippen molar-refractivity contribution < 1.29 is 19.5 Å². The first-order valence-corrected chi connectivity index (χ1v) is 6.45. The predicted octanol–water partition coefficient (Wildman–Crippen LogP) is 0.921. The topological polar surface area (TPSA) is 95.5 Å². The van der Waals surface area contributed by atoms with Gasteiger partial charge < -0.3 is 15.7 Å². The summed E-state index contributed by atoms with van der Waals surface area (Å²) >= 11 is 0. The van der Waals surface area contributed by atoms with Gasteiger partial charge >= 0.3 is 5.97 Å². The molecule has 20 heavy (non-hydrogen) atoms. The molecule has 6 heteroatoms. The van der Waals surface area contributed by atoms with Crippen molar-refractivity contribution >= 4 is 23.5 Å². The highest BCUT2D eigenvalue weighted by Gasteiger charge is 2.26. The van der Waals surface area contributed by atoms with Crippen molar-refractivity contribution in [1.29, 1.82) is 0 Å². The normalized spacial score (nSPS) is 17.6. The van der Waals surface area contributed by atoms with E-state index in [1.54, 1.807) is 24.3 Å². The smallest absolute Gasteiger partial charge is 0.303 e. The minimum absolute atomic E-state index is 0.0831. The Morgan fingerprint density at radius 2 is 2.00 bits per heavy atom. The summed E-state index contributed by atoms with van der Waals surface area (Å²) in [6.45, 7) is 0. The number of carbonyl (C=O) groups excluding carboxylic acids is 2. The van der Waals surface area contributed by atoms with Gasteiger partial charge in [0.2, 0.25) is 11.8 Å². The second-order valence-corrected chi connectivity index (χ2v) is 4.74. The molecule has 1 fully saturated rings. The van der Waals surface area contributed by atoms with Gasteiger partial charge in [-0.2, -0.15) is 0 Å². The fourth-order valence-electron chi connectivity index (χ4n) is 2.05. The molecule has 106 valence electrons. The third kappa shape index (κ3) is 3.81. The van der Waals surface area contributed by atoms with E-state index in [0.29, 0.717) is 24.9 Å². The molecule has 0 spiro atoms. The molecule has 1 aromatic carbocycles. The molecular weight excluding hydrogens is 260 g/mol. The summed E-state index contributed by atoms with van der Waals surface area (Å²) in [7, 11) is 0. The van der Waals surface area contributed by atoms with Crippen LogP contribution >= 0.6 is 0 Å². The number of benzene rings is 1. The molecule has 0 aliphatic carbocycles. The number of carbonyl (C=O) groups is 3.